The van der Waals surface area contributed by atoms with Crippen LogP contribution in [0.5, 0.6) is 0 Å². The second-order valence-electron chi connectivity index (χ2n) is 4.61. The molecule has 0 spiro atoms. The number of benzene rings is 1. The van der Waals surface area contributed by atoms with E-state index in [1.54, 1.807) is 17.1 Å². The highest BCUT2D eigenvalue weighted by Crippen LogP contribution is 2.33. The van der Waals surface area contributed by atoms with Crippen molar-refractivity contribution < 1.29 is 9.53 Å². The molecule has 2 saturated heterocycles. The van der Waals surface area contributed by atoms with Crippen molar-refractivity contribution in [2.45, 2.75) is 0 Å². The number of morpholine rings is 1. The molecular weight excluding hydrogens is 328 g/mol. The Hall–Kier alpha value is -0.920. The number of nitrogens with zero attached hydrogens (tertiary/aromatic N) is 2. The zero-order valence-electron chi connectivity index (χ0n) is 11.1. The Bertz CT molecular complexity index is 597. The van der Waals surface area contributed by atoms with Gasteiger partial charge in [-0.25, -0.2) is 10.0 Å². The first-order chi connectivity index (χ1) is 10.1. The van der Waals surface area contributed by atoms with Crippen LogP contribution in [-0.4, -0.2) is 46.5 Å². The van der Waals surface area contributed by atoms with Crippen LogP contribution in [0.2, 0.25) is 5.02 Å². The maximum absolute atomic E-state index is 12.5. The van der Waals surface area contributed by atoms with Gasteiger partial charge in [0.15, 0.2) is 4.32 Å². The lowest BCUT2D eigenvalue weighted by Crippen LogP contribution is -2.50. The van der Waals surface area contributed by atoms with Gasteiger partial charge in [0.05, 0.1) is 18.1 Å². The third-order valence-corrected chi connectivity index (χ3v) is 4.75. The molecule has 2 aliphatic heterocycles. The normalized spacial score (nSPS) is 22.3. The quantitative estimate of drug-likeness (QED) is 0.610. The highest BCUT2D eigenvalue weighted by atomic mass is 35.5. The minimum absolute atomic E-state index is 0.0677. The number of halogens is 1. The predicted molar refractivity (Wildman–Crippen MR) is 88.9 cm³/mol. The molecule has 0 saturated carbocycles. The van der Waals surface area contributed by atoms with Crippen LogP contribution in [0, 0.1) is 0 Å². The Kier molecular flexibility index (Phi) is 4.61. The lowest BCUT2D eigenvalue weighted by atomic mass is 10.2. The van der Waals surface area contributed by atoms with E-state index >= 15 is 0 Å². The number of hydrazine groups is 1. The summed E-state index contributed by atoms with van der Waals surface area (Å²) in [4.78, 5) is 13.2. The molecule has 1 aromatic rings. The molecule has 0 N–H and O–H groups in total. The molecular formula is C14H13ClN2O2S2. The van der Waals surface area contributed by atoms with Gasteiger partial charge >= 0.3 is 0 Å². The Morgan fingerprint density at radius 1 is 1.24 bits per heavy atom. The molecule has 7 heteroatoms. The van der Waals surface area contributed by atoms with Crippen molar-refractivity contribution in [2.75, 3.05) is 26.3 Å². The average Bonchev–Trinajstić information content (AvgIpc) is 2.77. The summed E-state index contributed by atoms with van der Waals surface area (Å²) in [5.74, 6) is -0.0677. The van der Waals surface area contributed by atoms with Crippen molar-refractivity contribution in [3.8, 4) is 0 Å². The number of amides is 1. The number of rotatable bonds is 2. The maximum Gasteiger partial charge on any atom is 0.280 e. The molecule has 0 radical (unpaired) electrons. The van der Waals surface area contributed by atoms with E-state index in [1.165, 1.54) is 11.8 Å². The monoisotopic (exact) mass is 340 g/mol. The van der Waals surface area contributed by atoms with Crippen LogP contribution < -0.4 is 0 Å². The minimum atomic E-state index is -0.0677. The van der Waals surface area contributed by atoms with Crippen molar-refractivity contribution in [2.24, 2.45) is 0 Å². The van der Waals surface area contributed by atoms with Crippen molar-refractivity contribution in [3.63, 3.8) is 0 Å². The number of thioether (sulfide) groups is 1. The summed E-state index contributed by atoms with van der Waals surface area (Å²) in [6, 6.07) is 7.36. The molecule has 0 unspecified atom stereocenters. The van der Waals surface area contributed by atoms with E-state index in [4.69, 9.17) is 28.6 Å². The second-order valence-corrected chi connectivity index (χ2v) is 6.72. The largest absolute Gasteiger partial charge is 0.379 e. The summed E-state index contributed by atoms with van der Waals surface area (Å²) in [6.45, 7) is 2.60. The number of carbonyl (C=O) groups excluding carboxylic acids is 1. The number of ether oxygens (including phenoxy) is 1. The van der Waals surface area contributed by atoms with Gasteiger partial charge in [0.25, 0.3) is 5.91 Å². The molecule has 1 aromatic carbocycles. The van der Waals surface area contributed by atoms with Crippen molar-refractivity contribution in [1.29, 1.82) is 0 Å². The van der Waals surface area contributed by atoms with Gasteiger partial charge in [-0.3, -0.25) is 4.79 Å². The van der Waals surface area contributed by atoms with Gasteiger partial charge < -0.3 is 4.74 Å². The number of thiocarbonyl (C=S) groups is 1. The lowest BCUT2D eigenvalue weighted by molar-refractivity contribution is -0.138. The molecule has 21 heavy (non-hydrogen) atoms. The Morgan fingerprint density at radius 3 is 2.57 bits per heavy atom. The zero-order chi connectivity index (χ0) is 14.8. The fourth-order valence-electron chi connectivity index (χ4n) is 2.17. The number of carbonyl (C=O) groups is 1. The topological polar surface area (TPSA) is 32.8 Å². The lowest BCUT2D eigenvalue weighted by Gasteiger charge is -2.33. The van der Waals surface area contributed by atoms with Gasteiger partial charge in [-0.2, -0.15) is 0 Å². The molecule has 0 bridgehead atoms. The number of hydrogen-bond acceptors (Lipinski definition) is 5. The van der Waals surface area contributed by atoms with E-state index in [9.17, 15) is 4.79 Å². The fraction of sp³-hybridized carbons (Fsp3) is 0.286. The summed E-state index contributed by atoms with van der Waals surface area (Å²) in [5, 5.41) is 4.21. The van der Waals surface area contributed by atoms with Crippen molar-refractivity contribution in [1.82, 2.24) is 10.0 Å². The van der Waals surface area contributed by atoms with E-state index in [-0.39, 0.29) is 5.91 Å². The molecule has 110 valence electrons. The summed E-state index contributed by atoms with van der Waals surface area (Å²) in [6.07, 6.45) is 1.84. The van der Waals surface area contributed by atoms with Crippen LogP contribution >= 0.6 is 35.6 Å². The van der Waals surface area contributed by atoms with E-state index < -0.39 is 0 Å². The van der Waals surface area contributed by atoms with Crippen LogP contribution in [0.3, 0.4) is 0 Å². The molecule has 2 aliphatic rings. The van der Waals surface area contributed by atoms with E-state index in [0.717, 1.165) is 5.56 Å². The third-order valence-electron chi connectivity index (χ3n) is 3.21. The van der Waals surface area contributed by atoms with E-state index in [2.05, 4.69) is 0 Å². The van der Waals surface area contributed by atoms with Gasteiger partial charge in [0, 0.05) is 18.1 Å². The Morgan fingerprint density at radius 2 is 1.90 bits per heavy atom. The first-order valence-electron chi connectivity index (χ1n) is 6.51. The SMILES string of the molecule is O=C1/C(=C/c2ccc(Cl)cc2)SC(=S)N1N1CCOCC1. The van der Waals surface area contributed by atoms with Crippen LogP contribution in [0.25, 0.3) is 6.08 Å². The van der Waals surface area contributed by atoms with Gasteiger partial charge in [-0.1, -0.05) is 47.7 Å². The van der Waals surface area contributed by atoms with Gasteiger partial charge in [-0.15, -0.1) is 0 Å². The highest BCUT2D eigenvalue weighted by Gasteiger charge is 2.36. The van der Waals surface area contributed by atoms with E-state index in [1.807, 2.05) is 23.2 Å². The molecule has 1 amide bonds. The molecule has 0 atom stereocenters. The highest BCUT2D eigenvalue weighted by molar-refractivity contribution is 8.26. The second kappa shape index (κ2) is 6.46. The standard InChI is InChI=1S/C14H13ClN2O2S2/c15-11-3-1-10(2-4-11)9-12-13(18)17(14(20)21-12)16-5-7-19-8-6-16/h1-4,9H,5-8H2/b12-9-. The predicted octanol–water partition coefficient (Wildman–Crippen LogP) is 2.79. The van der Waals surface area contributed by atoms with Crippen molar-refractivity contribution in [3.05, 3.63) is 39.8 Å². The number of hydrogen-bond donors (Lipinski definition) is 0. The summed E-state index contributed by atoms with van der Waals surface area (Å²) < 4.78 is 5.88. The molecule has 0 aliphatic carbocycles. The Labute approximate surface area is 137 Å². The fourth-order valence-corrected chi connectivity index (χ4v) is 3.60. The Balaban J connectivity index is 1.80. The van der Waals surface area contributed by atoms with Crippen LogP contribution in [-0.2, 0) is 9.53 Å². The van der Waals surface area contributed by atoms with Gasteiger partial charge in [0.2, 0.25) is 0 Å². The van der Waals surface area contributed by atoms with Crippen LogP contribution in [0.15, 0.2) is 29.2 Å². The van der Waals surface area contributed by atoms with Crippen LogP contribution in [0.4, 0.5) is 0 Å². The van der Waals surface area contributed by atoms with E-state index in [0.29, 0.717) is 40.6 Å². The van der Waals surface area contributed by atoms with Gasteiger partial charge in [-0.05, 0) is 23.8 Å². The summed E-state index contributed by atoms with van der Waals surface area (Å²) in [5.41, 5.74) is 0.932. The molecule has 4 nitrogen and oxygen atoms in total. The van der Waals surface area contributed by atoms with Crippen molar-refractivity contribution >= 4 is 51.9 Å². The molecule has 2 heterocycles. The molecule has 3 rings (SSSR count). The third kappa shape index (κ3) is 3.30. The first-order valence-corrected chi connectivity index (χ1v) is 8.11. The molecule has 2 fully saturated rings. The first kappa shape index (κ1) is 15.0. The average molecular weight is 341 g/mol. The minimum Gasteiger partial charge on any atom is -0.379 e. The maximum atomic E-state index is 12.5. The van der Waals surface area contributed by atoms with Gasteiger partial charge in [0.1, 0.15) is 0 Å². The summed E-state index contributed by atoms with van der Waals surface area (Å²) in [7, 11) is 0. The van der Waals surface area contributed by atoms with Crippen LogP contribution in [0.1, 0.15) is 5.56 Å². The molecule has 0 aromatic heterocycles. The zero-order valence-corrected chi connectivity index (χ0v) is 13.5. The summed E-state index contributed by atoms with van der Waals surface area (Å²) >= 11 is 12.5. The smallest absolute Gasteiger partial charge is 0.280 e.